The van der Waals surface area contributed by atoms with Crippen LogP contribution in [0.5, 0.6) is 0 Å². The molecular formula is C18H17N5O4. The molecule has 138 valence electrons. The van der Waals surface area contributed by atoms with E-state index in [1.54, 1.807) is 13.0 Å². The number of carboxylic acids is 1. The maximum absolute atomic E-state index is 12.4. The number of nitrogens with one attached hydrogen (secondary N) is 1. The number of nitrogens with zero attached hydrogens (tertiary/aromatic N) is 3. The second-order valence-electron chi connectivity index (χ2n) is 5.95. The van der Waals surface area contributed by atoms with Gasteiger partial charge in [0.05, 0.1) is 29.4 Å². The molecule has 0 aliphatic rings. The Morgan fingerprint density at radius 1 is 1.22 bits per heavy atom. The molecule has 0 fully saturated rings. The summed E-state index contributed by atoms with van der Waals surface area (Å²) in [6, 6.07) is 9.85. The fourth-order valence-corrected chi connectivity index (χ4v) is 2.67. The minimum atomic E-state index is -1.41. The van der Waals surface area contributed by atoms with Crippen LogP contribution in [-0.2, 0) is 9.59 Å². The fraction of sp³-hybridized carbons (Fsp3) is 0.167. The van der Waals surface area contributed by atoms with Crippen LogP contribution in [0.15, 0.2) is 42.6 Å². The van der Waals surface area contributed by atoms with E-state index in [4.69, 9.17) is 10.8 Å². The number of nitrogens with two attached hydrogens (primary N) is 1. The highest BCUT2D eigenvalue weighted by Crippen LogP contribution is 2.17. The molecule has 0 saturated carbocycles. The van der Waals surface area contributed by atoms with E-state index in [1.165, 1.54) is 10.9 Å². The standard InChI is InChI=1S/C18H17N5O4/c1-10-12(17(25)22-14(18(26)27)8-15(19)24)9-20-23(10)16-7-6-11-4-2-3-5-13(11)21-16/h2-7,9,14H,8H2,1H3,(H2,19,24)(H,22,25)(H,26,27). The van der Waals surface area contributed by atoms with Gasteiger partial charge in [-0.25, -0.2) is 14.5 Å². The molecule has 0 aliphatic carbocycles. The number of primary amides is 1. The van der Waals surface area contributed by atoms with Crippen molar-refractivity contribution in [1.29, 1.82) is 0 Å². The normalized spacial score (nSPS) is 11.9. The fourth-order valence-electron chi connectivity index (χ4n) is 2.67. The molecule has 1 aromatic carbocycles. The van der Waals surface area contributed by atoms with Crippen LogP contribution in [0.25, 0.3) is 16.7 Å². The largest absolute Gasteiger partial charge is 0.480 e. The monoisotopic (exact) mass is 367 g/mol. The third kappa shape index (κ3) is 3.76. The van der Waals surface area contributed by atoms with Crippen molar-refractivity contribution in [3.05, 3.63) is 53.9 Å². The Balaban J connectivity index is 1.88. The Morgan fingerprint density at radius 3 is 2.67 bits per heavy atom. The van der Waals surface area contributed by atoms with Crippen molar-refractivity contribution in [2.45, 2.75) is 19.4 Å². The van der Waals surface area contributed by atoms with E-state index in [9.17, 15) is 14.4 Å². The zero-order valence-electron chi connectivity index (χ0n) is 14.4. The van der Waals surface area contributed by atoms with E-state index >= 15 is 0 Å². The molecule has 2 amide bonds. The first-order valence-electron chi connectivity index (χ1n) is 8.09. The number of hydrogen-bond donors (Lipinski definition) is 3. The molecule has 0 saturated heterocycles. The molecule has 0 bridgehead atoms. The van der Waals surface area contributed by atoms with E-state index in [0.717, 1.165) is 10.9 Å². The number of para-hydroxylation sites is 1. The zero-order chi connectivity index (χ0) is 19.6. The van der Waals surface area contributed by atoms with E-state index < -0.39 is 30.2 Å². The number of aromatic nitrogens is 3. The summed E-state index contributed by atoms with van der Waals surface area (Å²) in [5, 5.41) is 16.6. The maximum atomic E-state index is 12.4. The molecule has 9 heteroatoms. The molecule has 0 radical (unpaired) electrons. The number of carbonyl (C=O) groups excluding carboxylic acids is 2. The van der Waals surface area contributed by atoms with E-state index in [1.807, 2.05) is 30.3 Å². The number of amides is 2. The summed E-state index contributed by atoms with van der Waals surface area (Å²) < 4.78 is 1.49. The summed E-state index contributed by atoms with van der Waals surface area (Å²) in [6.07, 6.45) is 0.825. The number of rotatable bonds is 6. The van der Waals surface area contributed by atoms with Gasteiger partial charge in [0.25, 0.3) is 5.91 Å². The molecule has 27 heavy (non-hydrogen) atoms. The van der Waals surface area contributed by atoms with Crippen LogP contribution in [0.1, 0.15) is 22.5 Å². The first kappa shape index (κ1) is 18.1. The van der Waals surface area contributed by atoms with E-state index in [0.29, 0.717) is 11.5 Å². The van der Waals surface area contributed by atoms with Crippen LogP contribution in [0.4, 0.5) is 0 Å². The molecule has 2 aromatic heterocycles. The summed E-state index contributed by atoms with van der Waals surface area (Å²) in [4.78, 5) is 39.1. The predicted octanol–water partition coefficient (Wildman–Crippen LogP) is 0.787. The van der Waals surface area contributed by atoms with Crippen molar-refractivity contribution in [3.63, 3.8) is 0 Å². The van der Waals surface area contributed by atoms with Crippen molar-refractivity contribution in [2.75, 3.05) is 0 Å². The summed E-state index contributed by atoms with van der Waals surface area (Å²) >= 11 is 0. The number of aliphatic carboxylic acids is 1. The van der Waals surface area contributed by atoms with Gasteiger partial charge in [-0.1, -0.05) is 18.2 Å². The van der Waals surface area contributed by atoms with Gasteiger partial charge in [0.1, 0.15) is 6.04 Å². The van der Waals surface area contributed by atoms with E-state index in [2.05, 4.69) is 15.4 Å². The van der Waals surface area contributed by atoms with Gasteiger partial charge in [-0.3, -0.25) is 9.59 Å². The second kappa shape index (κ2) is 7.24. The summed E-state index contributed by atoms with van der Waals surface area (Å²) in [5.41, 5.74) is 6.47. The molecular weight excluding hydrogens is 350 g/mol. The Labute approximate surface area is 153 Å². The molecule has 9 nitrogen and oxygen atoms in total. The third-order valence-corrected chi connectivity index (χ3v) is 4.06. The van der Waals surface area contributed by atoms with Crippen LogP contribution in [0, 0.1) is 6.92 Å². The Morgan fingerprint density at radius 2 is 1.96 bits per heavy atom. The molecule has 1 unspecified atom stereocenters. The second-order valence-corrected chi connectivity index (χ2v) is 5.95. The lowest BCUT2D eigenvalue weighted by Gasteiger charge is -2.12. The molecule has 1 atom stereocenters. The Kier molecular flexibility index (Phi) is 4.84. The van der Waals surface area contributed by atoms with Gasteiger partial charge in [0.2, 0.25) is 5.91 Å². The van der Waals surface area contributed by atoms with Crippen LogP contribution in [0.2, 0.25) is 0 Å². The van der Waals surface area contributed by atoms with Gasteiger partial charge >= 0.3 is 5.97 Å². The number of pyridine rings is 1. The van der Waals surface area contributed by atoms with Crippen molar-refractivity contribution in [3.8, 4) is 5.82 Å². The van der Waals surface area contributed by atoms with Gasteiger partial charge in [-0.15, -0.1) is 0 Å². The van der Waals surface area contributed by atoms with Gasteiger partial charge in [0, 0.05) is 5.39 Å². The smallest absolute Gasteiger partial charge is 0.326 e. The van der Waals surface area contributed by atoms with E-state index in [-0.39, 0.29) is 5.56 Å². The highest BCUT2D eigenvalue weighted by atomic mass is 16.4. The summed E-state index contributed by atoms with van der Waals surface area (Å²) in [5.74, 6) is -2.30. The SMILES string of the molecule is Cc1c(C(=O)NC(CC(N)=O)C(=O)O)cnn1-c1ccc2ccccc2n1. The summed E-state index contributed by atoms with van der Waals surface area (Å²) in [7, 11) is 0. The Hall–Kier alpha value is -3.75. The van der Waals surface area contributed by atoms with Crippen molar-refractivity contribution in [1.82, 2.24) is 20.1 Å². The predicted molar refractivity (Wildman–Crippen MR) is 96.3 cm³/mol. The number of carboxylic acid groups (broad SMARTS) is 1. The molecule has 3 rings (SSSR count). The Bertz CT molecular complexity index is 1040. The zero-order valence-corrected chi connectivity index (χ0v) is 14.4. The first-order chi connectivity index (χ1) is 12.9. The number of fused-ring (bicyclic) bond motifs is 1. The first-order valence-corrected chi connectivity index (χ1v) is 8.09. The van der Waals surface area contributed by atoms with Gasteiger partial charge in [-0.05, 0) is 25.1 Å². The minimum absolute atomic E-state index is 0.181. The molecule has 0 spiro atoms. The lowest BCUT2D eigenvalue weighted by Crippen LogP contribution is -2.43. The number of hydrogen-bond acceptors (Lipinski definition) is 5. The number of carbonyl (C=O) groups is 3. The molecule has 0 aliphatic heterocycles. The van der Waals surface area contributed by atoms with Crippen LogP contribution >= 0.6 is 0 Å². The molecule has 3 aromatic rings. The van der Waals surface area contributed by atoms with Crippen LogP contribution < -0.4 is 11.1 Å². The highest BCUT2D eigenvalue weighted by Gasteiger charge is 2.25. The quantitative estimate of drug-likeness (QED) is 0.588. The topological polar surface area (TPSA) is 140 Å². The minimum Gasteiger partial charge on any atom is -0.480 e. The lowest BCUT2D eigenvalue weighted by molar-refractivity contribution is -0.140. The summed E-state index contributed by atoms with van der Waals surface area (Å²) in [6.45, 7) is 1.67. The van der Waals surface area contributed by atoms with Gasteiger partial charge in [-0.2, -0.15) is 5.10 Å². The average Bonchev–Trinajstić information content (AvgIpc) is 3.01. The van der Waals surface area contributed by atoms with Gasteiger partial charge in [0.15, 0.2) is 5.82 Å². The number of benzene rings is 1. The highest BCUT2D eigenvalue weighted by molar-refractivity contribution is 5.98. The molecule has 4 N–H and O–H groups in total. The lowest BCUT2D eigenvalue weighted by atomic mass is 10.1. The maximum Gasteiger partial charge on any atom is 0.326 e. The van der Waals surface area contributed by atoms with Gasteiger partial charge < -0.3 is 16.2 Å². The van der Waals surface area contributed by atoms with Crippen molar-refractivity contribution >= 4 is 28.7 Å². The molecule has 2 heterocycles. The van der Waals surface area contributed by atoms with Crippen LogP contribution in [0.3, 0.4) is 0 Å². The van der Waals surface area contributed by atoms with Crippen molar-refractivity contribution in [2.24, 2.45) is 5.73 Å². The van der Waals surface area contributed by atoms with Crippen LogP contribution in [-0.4, -0.2) is 43.7 Å². The average molecular weight is 367 g/mol. The third-order valence-electron chi connectivity index (χ3n) is 4.06. The van der Waals surface area contributed by atoms with Crippen molar-refractivity contribution < 1.29 is 19.5 Å².